The fourth-order valence-electron chi connectivity index (χ4n) is 0.936. The highest BCUT2D eigenvalue weighted by molar-refractivity contribution is 5.69. The largest absolute Gasteiger partial charge is 0.460 e. The molecule has 0 aromatic rings. The van der Waals surface area contributed by atoms with Crippen molar-refractivity contribution in [2.75, 3.05) is 6.61 Å². The van der Waals surface area contributed by atoms with Crippen LogP contribution in [0.2, 0.25) is 0 Å². The van der Waals surface area contributed by atoms with Crippen LogP contribution in [-0.4, -0.2) is 24.8 Å². The summed E-state index contributed by atoms with van der Waals surface area (Å²) in [5.74, 6) is -0.163. The van der Waals surface area contributed by atoms with Gasteiger partial charge in [0, 0.05) is 13.0 Å². The zero-order chi connectivity index (χ0) is 11.0. The van der Waals surface area contributed by atoms with Crippen molar-refractivity contribution in [1.82, 2.24) is 0 Å². The van der Waals surface area contributed by atoms with Gasteiger partial charge in [0.25, 0.3) is 0 Å². The van der Waals surface area contributed by atoms with E-state index in [1.807, 2.05) is 13.8 Å². The maximum absolute atomic E-state index is 11.0. The average Bonchev–Trinajstić information content (AvgIpc) is 2.17. The Hall–Kier alpha value is -0.570. The summed E-state index contributed by atoms with van der Waals surface area (Å²) in [6.45, 7) is 8.45. The van der Waals surface area contributed by atoms with Gasteiger partial charge in [-0.05, 0) is 20.3 Å². The Morgan fingerprint density at radius 2 is 1.86 bits per heavy atom. The quantitative estimate of drug-likeness (QED) is 0.470. The van der Waals surface area contributed by atoms with Gasteiger partial charge in [-0.25, -0.2) is 0 Å². The molecular formula is C11H22O3. The molecule has 84 valence electrons. The third-order valence-electron chi connectivity index (χ3n) is 2.15. The van der Waals surface area contributed by atoms with Crippen LogP contribution in [0.3, 0.4) is 0 Å². The zero-order valence-electron chi connectivity index (χ0n) is 9.71. The third-order valence-corrected chi connectivity index (χ3v) is 2.15. The fraction of sp³-hybridized carbons (Fsp3) is 0.909. The standard InChI is InChI=1S/C11H22O3/c1-5-7-8-13-9(3)10(4)14-11(12)6-2/h9-10H,5-8H2,1-4H3. The van der Waals surface area contributed by atoms with Crippen LogP contribution < -0.4 is 0 Å². The van der Waals surface area contributed by atoms with E-state index in [0.717, 1.165) is 19.4 Å². The molecule has 0 fully saturated rings. The highest BCUT2D eigenvalue weighted by atomic mass is 16.6. The number of esters is 1. The molecule has 2 unspecified atom stereocenters. The van der Waals surface area contributed by atoms with E-state index < -0.39 is 0 Å². The molecule has 0 rings (SSSR count). The molecule has 3 heteroatoms. The molecule has 0 radical (unpaired) electrons. The molecular weight excluding hydrogens is 180 g/mol. The van der Waals surface area contributed by atoms with Crippen molar-refractivity contribution in [1.29, 1.82) is 0 Å². The topological polar surface area (TPSA) is 35.5 Å². The summed E-state index contributed by atoms with van der Waals surface area (Å²) in [6.07, 6.45) is 2.43. The van der Waals surface area contributed by atoms with Crippen LogP contribution in [0.5, 0.6) is 0 Å². The van der Waals surface area contributed by atoms with Crippen molar-refractivity contribution >= 4 is 5.97 Å². The van der Waals surface area contributed by atoms with E-state index in [0.29, 0.717) is 6.42 Å². The van der Waals surface area contributed by atoms with Gasteiger partial charge < -0.3 is 9.47 Å². The highest BCUT2D eigenvalue weighted by Gasteiger charge is 2.15. The summed E-state index contributed by atoms with van der Waals surface area (Å²) in [5, 5.41) is 0. The molecule has 0 saturated heterocycles. The minimum atomic E-state index is -0.163. The number of rotatable bonds is 7. The van der Waals surface area contributed by atoms with Gasteiger partial charge in [0.05, 0.1) is 6.10 Å². The van der Waals surface area contributed by atoms with Gasteiger partial charge in [-0.3, -0.25) is 4.79 Å². The number of ether oxygens (including phenoxy) is 2. The van der Waals surface area contributed by atoms with Crippen LogP contribution in [0, 0.1) is 0 Å². The van der Waals surface area contributed by atoms with Crippen LogP contribution in [0.25, 0.3) is 0 Å². The van der Waals surface area contributed by atoms with Gasteiger partial charge in [-0.2, -0.15) is 0 Å². The van der Waals surface area contributed by atoms with Crippen LogP contribution in [-0.2, 0) is 14.3 Å². The second-order valence-electron chi connectivity index (χ2n) is 3.48. The van der Waals surface area contributed by atoms with Gasteiger partial charge in [0.1, 0.15) is 6.10 Å². The van der Waals surface area contributed by atoms with Gasteiger partial charge in [-0.1, -0.05) is 20.3 Å². The lowest BCUT2D eigenvalue weighted by Crippen LogP contribution is -2.28. The van der Waals surface area contributed by atoms with E-state index in [1.165, 1.54) is 0 Å². The molecule has 0 N–H and O–H groups in total. The molecule has 14 heavy (non-hydrogen) atoms. The van der Waals surface area contributed by atoms with Crippen molar-refractivity contribution in [2.24, 2.45) is 0 Å². The molecule has 0 aliphatic heterocycles. The van der Waals surface area contributed by atoms with E-state index in [2.05, 4.69) is 6.92 Å². The van der Waals surface area contributed by atoms with E-state index in [4.69, 9.17) is 9.47 Å². The Balaban J connectivity index is 3.64. The van der Waals surface area contributed by atoms with Crippen molar-refractivity contribution < 1.29 is 14.3 Å². The minimum absolute atomic E-state index is 0.0166. The first kappa shape index (κ1) is 13.4. The van der Waals surface area contributed by atoms with Crippen LogP contribution >= 0.6 is 0 Å². The summed E-state index contributed by atoms with van der Waals surface area (Å²) in [7, 11) is 0. The van der Waals surface area contributed by atoms with Crippen molar-refractivity contribution in [3.8, 4) is 0 Å². The first-order chi connectivity index (χ1) is 6.61. The maximum Gasteiger partial charge on any atom is 0.305 e. The predicted octanol–water partition coefficient (Wildman–Crippen LogP) is 2.53. The Morgan fingerprint density at radius 1 is 1.21 bits per heavy atom. The minimum Gasteiger partial charge on any atom is -0.460 e. The van der Waals surface area contributed by atoms with Crippen molar-refractivity contribution in [2.45, 2.75) is 59.2 Å². The molecule has 0 bridgehead atoms. The molecule has 0 saturated carbocycles. The second kappa shape index (κ2) is 7.80. The molecule has 0 aliphatic rings. The summed E-state index contributed by atoms with van der Waals surface area (Å²) in [4.78, 5) is 11.0. The Bertz CT molecular complexity index is 157. The lowest BCUT2D eigenvalue weighted by molar-refractivity contribution is -0.154. The lowest BCUT2D eigenvalue weighted by atomic mass is 10.2. The summed E-state index contributed by atoms with van der Waals surface area (Å²) >= 11 is 0. The van der Waals surface area contributed by atoms with Crippen molar-refractivity contribution in [3.05, 3.63) is 0 Å². The van der Waals surface area contributed by atoms with Gasteiger partial charge in [0.15, 0.2) is 0 Å². The maximum atomic E-state index is 11.0. The van der Waals surface area contributed by atoms with E-state index in [9.17, 15) is 4.79 Å². The van der Waals surface area contributed by atoms with Crippen LogP contribution in [0.1, 0.15) is 47.0 Å². The average molecular weight is 202 g/mol. The molecule has 0 spiro atoms. The van der Waals surface area contributed by atoms with Gasteiger partial charge >= 0.3 is 5.97 Å². The van der Waals surface area contributed by atoms with Crippen LogP contribution in [0.4, 0.5) is 0 Å². The third kappa shape index (κ3) is 5.97. The van der Waals surface area contributed by atoms with Crippen LogP contribution in [0.15, 0.2) is 0 Å². The number of hydrogen-bond acceptors (Lipinski definition) is 3. The normalized spacial score (nSPS) is 14.9. The number of unbranched alkanes of at least 4 members (excludes halogenated alkanes) is 1. The highest BCUT2D eigenvalue weighted by Crippen LogP contribution is 2.05. The zero-order valence-corrected chi connectivity index (χ0v) is 9.71. The fourth-order valence-corrected chi connectivity index (χ4v) is 0.936. The number of carbonyl (C=O) groups excluding carboxylic acids is 1. The predicted molar refractivity (Wildman–Crippen MR) is 56.2 cm³/mol. The smallest absolute Gasteiger partial charge is 0.305 e. The molecule has 0 aromatic carbocycles. The molecule has 3 nitrogen and oxygen atoms in total. The number of hydrogen-bond donors (Lipinski definition) is 0. The van der Waals surface area contributed by atoms with Gasteiger partial charge in [0.2, 0.25) is 0 Å². The molecule has 0 aliphatic carbocycles. The Morgan fingerprint density at radius 3 is 2.36 bits per heavy atom. The monoisotopic (exact) mass is 202 g/mol. The SMILES string of the molecule is CCCCOC(C)C(C)OC(=O)CC. The second-order valence-corrected chi connectivity index (χ2v) is 3.48. The van der Waals surface area contributed by atoms with Gasteiger partial charge in [-0.15, -0.1) is 0 Å². The van der Waals surface area contributed by atoms with Crippen molar-refractivity contribution in [3.63, 3.8) is 0 Å². The van der Waals surface area contributed by atoms with E-state index >= 15 is 0 Å². The number of carbonyl (C=O) groups is 1. The molecule has 2 atom stereocenters. The molecule has 0 heterocycles. The summed E-state index contributed by atoms with van der Waals surface area (Å²) < 4.78 is 10.6. The Kier molecular flexibility index (Phi) is 7.48. The summed E-state index contributed by atoms with van der Waals surface area (Å²) in [6, 6.07) is 0. The molecule has 0 aromatic heterocycles. The first-order valence-electron chi connectivity index (χ1n) is 5.42. The first-order valence-corrected chi connectivity index (χ1v) is 5.42. The molecule has 0 amide bonds. The van der Waals surface area contributed by atoms with E-state index in [-0.39, 0.29) is 18.2 Å². The van der Waals surface area contributed by atoms with E-state index in [1.54, 1.807) is 6.92 Å². The summed E-state index contributed by atoms with van der Waals surface area (Å²) in [5.41, 5.74) is 0. The Labute approximate surface area is 86.8 Å². The lowest BCUT2D eigenvalue weighted by Gasteiger charge is -2.20.